The van der Waals surface area contributed by atoms with E-state index in [0.717, 1.165) is 6.42 Å². The maximum absolute atomic E-state index is 12.4. The van der Waals surface area contributed by atoms with Crippen molar-refractivity contribution in [3.8, 4) is 0 Å². The highest BCUT2D eigenvalue weighted by Gasteiger charge is 2.35. The number of halogens is 2. The molecule has 0 aliphatic rings. The summed E-state index contributed by atoms with van der Waals surface area (Å²) in [7, 11) is 0. The van der Waals surface area contributed by atoms with Crippen LogP contribution in [-0.4, -0.2) is 11.8 Å². The molecule has 4 heteroatoms. The molecule has 0 radical (unpaired) electrons. The van der Waals surface area contributed by atoms with Crippen LogP contribution in [0.4, 0.5) is 8.78 Å². The van der Waals surface area contributed by atoms with Gasteiger partial charge in [-0.15, -0.1) is 0 Å². The van der Waals surface area contributed by atoms with Gasteiger partial charge in [0, 0.05) is 6.42 Å². The number of carbonyl (C=O) groups is 1. The number of nitrogens with two attached hydrogens (primary N) is 1. The van der Waals surface area contributed by atoms with E-state index in [-0.39, 0.29) is 0 Å². The van der Waals surface area contributed by atoms with E-state index in [1.165, 1.54) is 0 Å². The van der Waals surface area contributed by atoms with E-state index in [1.807, 2.05) is 6.92 Å². The lowest BCUT2D eigenvalue weighted by molar-refractivity contribution is -0.142. The van der Waals surface area contributed by atoms with E-state index in [1.54, 1.807) is 0 Å². The summed E-state index contributed by atoms with van der Waals surface area (Å²) < 4.78 is 24.8. The molecule has 0 heterocycles. The fraction of sp³-hybridized carbons (Fsp3) is 0.857. The van der Waals surface area contributed by atoms with Gasteiger partial charge in [0.25, 0.3) is 5.91 Å². The number of unbranched alkanes of at least 4 members (excludes halogenated alkanes) is 2. The Bertz CT molecular complexity index is 136. The van der Waals surface area contributed by atoms with Gasteiger partial charge in [-0.1, -0.05) is 19.8 Å². The zero-order valence-electron chi connectivity index (χ0n) is 6.57. The second-order valence-corrected chi connectivity index (χ2v) is 2.53. The third-order valence-electron chi connectivity index (χ3n) is 1.45. The van der Waals surface area contributed by atoms with Crippen molar-refractivity contribution in [2.24, 2.45) is 5.73 Å². The van der Waals surface area contributed by atoms with E-state index in [0.29, 0.717) is 12.8 Å². The van der Waals surface area contributed by atoms with Gasteiger partial charge >= 0.3 is 5.92 Å². The Morgan fingerprint density at radius 3 is 2.36 bits per heavy atom. The van der Waals surface area contributed by atoms with Crippen molar-refractivity contribution in [3.05, 3.63) is 0 Å². The minimum Gasteiger partial charge on any atom is -0.364 e. The van der Waals surface area contributed by atoms with Crippen LogP contribution in [0.25, 0.3) is 0 Å². The van der Waals surface area contributed by atoms with Crippen molar-refractivity contribution in [3.63, 3.8) is 0 Å². The lowest BCUT2D eigenvalue weighted by atomic mass is 10.1. The van der Waals surface area contributed by atoms with Gasteiger partial charge in [0.15, 0.2) is 0 Å². The molecule has 11 heavy (non-hydrogen) atoms. The molecule has 0 saturated carbocycles. The molecule has 0 aromatic carbocycles. The summed E-state index contributed by atoms with van der Waals surface area (Å²) in [6.45, 7) is 1.91. The van der Waals surface area contributed by atoms with E-state index in [2.05, 4.69) is 5.73 Å². The molecule has 0 aromatic rings. The number of primary amides is 1. The summed E-state index contributed by atoms with van der Waals surface area (Å²) in [5, 5.41) is 0. The first-order valence-corrected chi connectivity index (χ1v) is 3.68. The van der Waals surface area contributed by atoms with E-state index in [4.69, 9.17) is 0 Å². The molecule has 0 aliphatic carbocycles. The van der Waals surface area contributed by atoms with Gasteiger partial charge in [-0.2, -0.15) is 8.78 Å². The summed E-state index contributed by atoms with van der Waals surface area (Å²) >= 11 is 0. The van der Waals surface area contributed by atoms with E-state index < -0.39 is 18.3 Å². The molecule has 0 spiro atoms. The molecule has 0 aliphatic heterocycles. The number of hydrogen-bond acceptors (Lipinski definition) is 1. The molecule has 0 bridgehead atoms. The van der Waals surface area contributed by atoms with Crippen LogP contribution in [0.1, 0.15) is 32.6 Å². The standard InChI is InChI=1S/C7H13F2NO/c1-2-3-4-5-7(8,9)6(10)11/h2-5H2,1H3,(H2,10,11). The highest BCUT2D eigenvalue weighted by Crippen LogP contribution is 2.20. The van der Waals surface area contributed by atoms with Crippen molar-refractivity contribution in [2.45, 2.75) is 38.5 Å². The monoisotopic (exact) mass is 165 g/mol. The molecular formula is C7H13F2NO. The predicted molar refractivity (Wildman–Crippen MR) is 38.3 cm³/mol. The Hall–Kier alpha value is -0.670. The van der Waals surface area contributed by atoms with Crippen LogP contribution in [-0.2, 0) is 4.79 Å². The van der Waals surface area contributed by atoms with Crippen molar-refractivity contribution >= 4 is 5.91 Å². The van der Waals surface area contributed by atoms with Crippen molar-refractivity contribution in [1.29, 1.82) is 0 Å². The molecular weight excluding hydrogens is 152 g/mol. The molecule has 0 atom stereocenters. The molecule has 0 aromatic heterocycles. The number of hydrogen-bond donors (Lipinski definition) is 1. The third kappa shape index (κ3) is 3.91. The Morgan fingerprint density at radius 1 is 1.45 bits per heavy atom. The normalized spacial score (nSPS) is 11.5. The molecule has 1 amide bonds. The first kappa shape index (κ1) is 10.3. The Kier molecular flexibility index (Phi) is 4.00. The minimum absolute atomic E-state index is 0.354. The number of amides is 1. The summed E-state index contributed by atoms with van der Waals surface area (Å²) in [4.78, 5) is 10.1. The lowest BCUT2D eigenvalue weighted by Crippen LogP contribution is -2.35. The summed E-state index contributed by atoms with van der Waals surface area (Å²) in [5.41, 5.74) is 4.46. The smallest absolute Gasteiger partial charge is 0.324 e. The summed E-state index contributed by atoms with van der Waals surface area (Å²) in [5.74, 6) is -4.83. The number of carbonyl (C=O) groups excluding carboxylic acids is 1. The first-order chi connectivity index (χ1) is 5.00. The topological polar surface area (TPSA) is 43.1 Å². The molecule has 0 rings (SSSR count). The summed E-state index contributed by atoms with van der Waals surface area (Å²) in [6.07, 6.45) is 1.50. The van der Waals surface area contributed by atoms with Crippen molar-refractivity contribution < 1.29 is 13.6 Å². The van der Waals surface area contributed by atoms with Crippen LogP contribution in [0.3, 0.4) is 0 Å². The zero-order valence-corrected chi connectivity index (χ0v) is 6.57. The van der Waals surface area contributed by atoms with Gasteiger partial charge in [-0.3, -0.25) is 4.79 Å². The van der Waals surface area contributed by atoms with E-state index >= 15 is 0 Å². The molecule has 2 nitrogen and oxygen atoms in total. The second-order valence-electron chi connectivity index (χ2n) is 2.53. The molecule has 0 saturated heterocycles. The van der Waals surface area contributed by atoms with Crippen LogP contribution in [0.2, 0.25) is 0 Å². The average Bonchev–Trinajstić information content (AvgIpc) is 1.88. The van der Waals surface area contributed by atoms with Crippen LogP contribution >= 0.6 is 0 Å². The zero-order chi connectivity index (χ0) is 8.91. The summed E-state index contributed by atoms with van der Waals surface area (Å²) in [6, 6.07) is 0. The Balaban J connectivity index is 3.64. The van der Waals surface area contributed by atoms with Crippen LogP contribution in [0.15, 0.2) is 0 Å². The SMILES string of the molecule is CCCCCC(F)(F)C(N)=O. The Morgan fingerprint density at radius 2 is 2.00 bits per heavy atom. The second kappa shape index (κ2) is 4.26. The van der Waals surface area contributed by atoms with Crippen LogP contribution in [0.5, 0.6) is 0 Å². The molecule has 2 N–H and O–H groups in total. The van der Waals surface area contributed by atoms with Gasteiger partial charge in [-0.25, -0.2) is 0 Å². The lowest BCUT2D eigenvalue weighted by Gasteiger charge is -2.10. The van der Waals surface area contributed by atoms with Crippen LogP contribution < -0.4 is 5.73 Å². The fourth-order valence-electron chi connectivity index (χ4n) is 0.720. The van der Waals surface area contributed by atoms with Gasteiger partial charge in [0.1, 0.15) is 0 Å². The predicted octanol–water partition coefficient (Wildman–Crippen LogP) is 1.69. The fourth-order valence-corrected chi connectivity index (χ4v) is 0.720. The van der Waals surface area contributed by atoms with E-state index in [9.17, 15) is 13.6 Å². The minimum atomic E-state index is -3.31. The maximum atomic E-state index is 12.4. The van der Waals surface area contributed by atoms with Crippen molar-refractivity contribution in [2.75, 3.05) is 0 Å². The average molecular weight is 165 g/mol. The quantitative estimate of drug-likeness (QED) is 0.619. The first-order valence-electron chi connectivity index (χ1n) is 3.68. The Labute approximate surface area is 64.8 Å². The van der Waals surface area contributed by atoms with Crippen LogP contribution in [0, 0.1) is 0 Å². The van der Waals surface area contributed by atoms with Crippen molar-refractivity contribution in [1.82, 2.24) is 0 Å². The highest BCUT2D eigenvalue weighted by atomic mass is 19.3. The molecule has 0 unspecified atom stereocenters. The van der Waals surface area contributed by atoms with Gasteiger partial charge in [-0.05, 0) is 6.42 Å². The maximum Gasteiger partial charge on any atom is 0.324 e. The highest BCUT2D eigenvalue weighted by molar-refractivity contribution is 5.81. The largest absolute Gasteiger partial charge is 0.364 e. The third-order valence-corrected chi connectivity index (χ3v) is 1.45. The van der Waals surface area contributed by atoms with Gasteiger partial charge < -0.3 is 5.73 Å². The molecule has 66 valence electrons. The van der Waals surface area contributed by atoms with Gasteiger partial charge in [0.05, 0.1) is 0 Å². The number of alkyl halides is 2. The molecule has 0 fully saturated rings. The van der Waals surface area contributed by atoms with Gasteiger partial charge in [0.2, 0.25) is 0 Å². The number of rotatable bonds is 5.